The van der Waals surface area contributed by atoms with Crippen molar-refractivity contribution in [3.63, 3.8) is 0 Å². The van der Waals surface area contributed by atoms with Crippen LogP contribution in [0.3, 0.4) is 0 Å². The highest BCUT2D eigenvalue weighted by molar-refractivity contribution is 6.60. The molecule has 0 aliphatic carbocycles. The van der Waals surface area contributed by atoms with E-state index in [0.29, 0.717) is 25.8 Å². The van der Waals surface area contributed by atoms with E-state index in [9.17, 15) is 4.79 Å². The van der Waals surface area contributed by atoms with E-state index in [2.05, 4.69) is 4.99 Å². The van der Waals surface area contributed by atoms with Crippen LogP contribution in [0.25, 0.3) is 0 Å². The van der Waals surface area contributed by atoms with Crippen molar-refractivity contribution in [1.29, 1.82) is 0 Å². The first-order valence-corrected chi connectivity index (χ1v) is 6.44. The molecule has 0 N–H and O–H groups in total. The van der Waals surface area contributed by atoms with E-state index in [0.717, 1.165) is 0 Å². The van der Waals surface area contributed by atoms with Crippen molar-refractivity contribution in [2.45, 2.75) is 6.04 Å². The largest absolute Gasteiger partial charge is 0.502 e. The molecular formula is C8H17NO5Si. The van der Waals surface area contributed by atoms with Crippen molar-refractivity contribution in [2.75, 3.05) is 41.1 Å². The standard InChI is InChI=1S/C8H17NO5Si/c1-11-15(12-2,13-3)7-6-14-5-4-9-8-10/h4-7H2,1-3H3. The summed E-state index contributed by atoms with van der Waals surface area (Å²) in [5.41, 5.74) is 0. The SMILES string of the molecule is CO[Si](CCOCCN=C=O)(OC)OC. The number of hydrogen-bond acceptors (Lipinski definition) is 6. The molecule has 88 valence electrons. The van der Waals surface area contributed by atoms with Gasteiger partial charge in [0.25, 0.3) is 0 Å². The first-order valence-electron chi connectivity index (χ1n) is 4.51. The number of hydrogen-bond donors (Lipinski definition) is 0. The van der Waals surface area contributed by atoms with Gasteiger partial charge in [0.1, 0.15) is 0 Å². The zero-order valence-corrected chi connectivity index (χ0v) is 10.3. The van der Waals surface area contributed by atoms with Crippen molar-refractivity contribution in [3.05, 3.63) is 0 Å². The molecular weight excluding hydrogens is 218 g/mol. The summed E-state index contributed by atoms with van der Waals surface area (Å²) in [6.45, 7) is 1.16. The van der Waals surface area contributed by atoms with Gasteiger partial charge in [0, 0.05) is 27.4 Å². The molecule has 0 aromatic heterocycles. The molecule has 0 saturated heterocycles. The Morgan fingerprint density at radius 1 is 1.13 bits per heavy atom. The average molecular weight is 235 g/mol. The second-order valence-electron chi connectivity index (χ2n) is 2.63. The van der Waals surface area contributed by atoms with Crippen LogP contribution in [0.4, 0.5) is 0 Å². The van der Waals surface area contributed by atoms with Gasteiger partial charge in [0.05, 0.1) is 19.8 Å². The number of nitrogens with zero attached hydrogens (tertiary/aromatic N) is 1. The molecule has 0 aromatic rings. The van der Waals surface area contributed by atoms with Crippen LogP contribution in [0.1, 0.15) is 0 Å². The Morgan fingerprint density at radius 2 is 1.73 bits per heavy atom. The molecule has 0 unspecified atom stereocenters. The number of isocyanates is 1. The van der Waals surface area contributed by atoms with E-state index < -0.39 is 8.80 Å². The molecule has 0 saturated carbocycles. The van der Waals surface area contributed by atoms with Crippen molar-refractivity contribution in [2.24, 2.45) is 4.99 Å². The van der Waals surface area contributed by atoms with Crippen LogP contribution in [0.2, 0.25) is 6.04 Å². The molecule has 0 radical (unpaired) electrons. The molecule has 0 aliphatic heterocycles. The van der Waals surface area contributed by atoms with Crippen LogP contribution in [-0.4, -0.2) is 56.0 Å². The summed E-state index contributed by atoms with van der Waals surface area (Å²) in [6, 6.07) is 0.571. The van der Waals surface area contributed by atoms with Crippen molar-refractivity contribution < 1.29 is 22.8 Å². The fraction of sp³-hybridized carbons (Fsp3) is 0.875. The van der Waals surface area contributed by atoms with E-state index in [1.807, 2.05) is 0 Å². The Bertz CT molecular complexity index is 195. The molecule has 0 heterocycles. The Hall–Kier alpha value is -0.563. The van der Waals surface area contributed by atoms with Crippen molar-refractivity contribution in [3.8, 4) is 0 Å². The van der Waals surface area contributed by atoms with Crippen molar-refractivity contribution >= 4 is 14.9 Å². The van der Waals surface area contributed by atoms with Crippen LogP contribution in [0, 0.1) is 0 Å². The third-order valence-electron chi connectivity index (χ3n) is 1.90. The van der Waals surface area contributed by atoms with Crippen LogP contribution in [-0.2, 0) is 22.8 Å². The lowest BCUT2D eigenvalue weighted by atomic mass is 10.7. The Kier molecular flexibility index (Phi) is 8.39. The second kappa shape index (κ2) is 8.72. The summed E-state index contributed by atoms with van der Waals surface area (Å²) >= 11 is 0. The maximum atomic E-state index is 9.74. The molecule has 0 amide bonds. The topological polar surface area (TPSA) is 66.4 Å². The summed E-state index contributed by atoms with van der Waals surface area (Å²) in [6.07, 6.45) is 1.44. The Labute approximate surface area is 90.6 Å². The fourth-order valence-corrected chi connectivity index (χ4v) is 2.52. The molecule has 0 atom stereocenters. The van der Waals surface area contributed by atoms with Gasteiger partial charge in [-0.2, -0.15) is 0 Å². The molecule has 0 aliphatic rings. The van der Waals surface area contributed by atoms with Gasteiger partial charge in [-0.05, 0) is 0 Å². The van der Waals surface area contributed by atoms with E-state index in [-0.39, 0.29) is 0 Å². The lowest BCUT2D eigenvalue weighted by Crippen LogP contribution is -2.43. The first-order chi connectivity index (χ1) is 7.24. The predicted octanol–water partition coefficient (Wildman–Crippen LogP) is 0.217. The second-order valence-corrected chi connectivity index (χ2v) is 5.72. The lowest BCUT2D eigenvalue weighted by Gasteiger charge is -2.23. The fourth-order valence-electron chi connectivity index (χ4n) is 1.01. The van der Waals surface area contributed by atoms with Crippen LogP contribution < -0.4 is 0 Å². The zero-order valence-electron chi connectivity index (χ0n) is 9.32. The van der Waals surface area contributed by atoms with Crippen LogP contribution >= 0.6 is 0 Å². The zero-order chi connectivity index (χ0) is 11.6. The van der Waals surface area contributed by atoms with E-state index >= 15 is 0 Å². The number of ether oxygens (including phenoxy) is 1. The normalized spacial score (nSPS) is 11.1. The molecule has 7 heteroatoms. The van der Waals surface area contributed by atoms with Gasteiger partial charge in [-0.15, -0.1) is 0 Å². The maximum Gasteiger partial charge on any atom is 0.502 e. The van der Waals surface area contributed by atoms with E-state index in [4.69, 9.17) is 18.0 Å². The predicted molar refractivity (Wildman–Crippen MR) is 55.4 cm³/mol. The molecule has 0 aromatic carbocycles. The number of carbonyl (C=O) groups excluding carboxylic acids is 1. The minimum atomic E-state index is -2.52. The monoisotopic (exact) mass is 235 g/mol. The highest BCUT2D eigenvalue weighted by Gasteiger charge is 2.37. The van der Waals surface area contributed by atoms with Crippen molar-refractivity contribution in [1.82, 2.24) is 0 Å². The van der Waals surface area contributed by atoms with E-state index in [1.165, 1.54) is 6.08 Å². The Morgan fingerprint density at radius 3 is 2.20 bits per heavy atom. The number of aliphatic imine (C=N–C) groups is 1. The van der Waals surface area contributed by atoms with Gasteiger partial charge in [0.2, 0.25) is 6.08 Å². The summed E-state index contributed by atoms with van der Waals surface area (Å²) in [5.74, 6) is 0. The van der Waals surface area contributed by atoms with Crippen LogP contribution in [0.5, 0.6) is 0 Å². The molecule has 6 nitrogen and oxygen atoms in total. The van der Waals surface area contributed by atoms with Gasteiger partial charge in [-0.1, -0.05) is 0 Å². The summed E-state index contributed by atoms with van der Waals surface area (Å²) in [5, 5.41) is 0. The van der Waals surface area contributed by atoms with Gasteiger partial charge >= 0.3 is 8.80 Å². The molecule has 15 heavy (non-hydrogen) atoms. The smallest absolute Gasteiger partial charge is 0.380 e. The maximum absolute atomic E-state index is 9.74. The highest BCUT2D eigenvalue weighted by Crippen LogP contribution is 2.11. The average Bonchev–Trinajstić information content (AvgIpc) is 2.29. The molecule has 0 spiro atoms. The minimum absolute atomic E-state index is 0.324. The molecule has 0 fully saturated rings. The summed E-state index contributed by atoms with van der Waals surface area (Å²) in [7, 11) is 2.14. The molecule has 0 rings (SSSR count). The van der Waals surface area contributed by atoms with Gasteiger partial charge in [0.15, 0.2) is 0 Å². The van der Waals surface area contributed by atoms with Gasteiger partial charge in [-0.25, -0.2) is 9.79 Å². The summed E-state index contributed by atoms with van der Waals surface area (Å²) in [4.78, 5) is 13.1. The molecule has 0 bridgehead atoms. The van der Waals surface area contributed by atoms with Crippen LogP contribution in [0.15, 0.2) is 4.99 Å². The third kappa shape index (κ3) is 5.78. The lowest BCUT2D eigenvalue weighted by molar-refractivity contribution is 0.0978. The summed E-state index contributed by atoms with van der Waals surface area (Å²) < 4.78 is 20.8. The van der Waals surface area contributed by atoms with Gasteiger partial charge < -0.3 is 18.0 Å². The third-order valence-corrected chi connectivity index (χ3v) is 4.58. The Balaban J connectivity index is 3.66. The van der Waals surface area contributed by atoms with Gasteiger partial charge in [-0.3, -0.25) is 0 Å². The highest BCUT2D eigenvalue weighted by atomic mass is 28.4. The quantitative estimate of drug-likeness (QED) is 0.247. The number of rotatable bonds is 9. The first kappa shape index (κ1) is 14.4. The minimum Gasteiger partial charge on any atom is -0.380 e. The van der Waals surface area contributed by atoms with E-state index in [1.54, 1.807) is 21.3 Å².